The Morgan fingerprint density at radius 1 is 1.22 bits per heavy atom. The number of hydrogen-bond donors (Lipinski definition) is 0. The zero-order valence-electron chi connectivity index (χ0n) is 13.1. The summed E-state index contributed by atoms with van der Waals surface area (Å²) in [4.78, 5) is 19.0. The number of piperidine rings is 1. The first-order chi connectivity index (χ1) is 11.2. The molecule has 23 heavy (non-hydrogen) atoms. The largest absolute Gasteiger partial charge is 0.496 e. The van der Waals surface area contributed by atoms with E-state index in [1.165, 1.54) is 19.2 Å². The lowest BCUT2D eigenvalue weighted by Gasteiger charge is -2.27. The monoisotopic (exact) mass is 314 g/mol. The number of aromatic nitrogens is 1. The van der Waals surface area contributed by atoms with Gasteiger partial charge < -0.3 is 9.64 Å². The second-order valence-electron chi connectivity index (χ2n) is 5.60. The molecule has 0 saturated carbocycles. The second kappa shape index (κ2) is 6.77. The zero-order chi connectivity index (χ0) is 16.2. The SMILES string of the molecule is COc1cc(F)ccc1-c1ncccc1C(=O)N1CCCCC1. The van der Waals surface area contributed by atoms with Gasteiger partial charge in [0.15, 0.2) is 0 Å². The Bertz CT molecular complexity index is 712. The molecular weight excluding hydrogens is 295 g/mol. The lowest BCUT2D eigenvalue weighted by Crippen LogP contribution is -2.36. The number of rotatable bonds is 3. The third kappa shape index (κ3) is 3.18. The number of amides is 1. The van der Waals surface area contributed by atoms with Crippen molar-refractivity contribution in [1.82, 2.24) is 9.88 Å². The lowest BCUT2D eigenvalue weighted by molar-refractivity contribution is 0.0725. The highest BCUT2D eigenvalue weighted by atomic mass is 19.1. The number of likely N-dealkylation sites (tertiary alicyclic amines) is 1. The van der Waals surface area contributed by atoms with Gasteiger partial charge >= 0.3 is 0 Å². The number of carbonyl (C=O) groups excluding carboxylic acids is 1. The van der Waals surface area contributed by atoms with Crippen LogP contribution in [-0.2, 0) is 0 Å². The molecule has 4 nitrogen and oxygen atoms in total. The van der Waals surface area contributed by atoms with Crippen LogP contribution in [0.15, 0.2) is 36.5 Å². The molecule has 0 aliphatic carbocycles. The third-order valence-corrected chi connectivity index (χ3v) is 4.10. The predicted molar refractivity (Wildman–Crippen MR) is 85.9 cm³/mol. The summed E-state index contributed by atoms with van der Waals surface area (Å²) in [6.07, 6.45) is 4.85. The topological polar surface area (TPSA) is 42.4 Å². The summed E-state index contributed by atoms with van der Waals surface area (Å²) in [5, 5.41) is 0. The Hall–Kier alpha value is -2.43. The van der Waals surface area contributed by atoms with E-state index in [1.54, 1.807) is 24.4 Å². The third-order valence-electron chi connectivity index (χ3n) is 4.10. The van der Waals surface area contributed by atoms with Crippen molar-refractivity contribution in [2.75, 3.05) is 20.2 Å². The highest BCUT2D eigenvalue weighted by Gasteiger charge is 2.23. The number of halogens is 1. The van der Waals surface area contributed by atoms with Crippen LogP contribution >= 0.6 is 0 Å². The van der Waals surface area contributed by atoms with E-state index in [1.807, 2.05) is 4.90 Å². The molecule has 0 spiro atoms. The molecule has 2 aromatic rings. The van der Waals surface area contributed by atoms with E-state index in [4.69, 9.17) is 4.74 Å². The van der Waals surface area contributed by atoms with Gasteiger partial charge in [0, 0.05) is 30.9 Å². The van der Waals surface area contributed by atoms with Gasteiger partial charge in [-0.1, -0.05) is 0 Å². The van der Waals surface area contributed by atoms with Crippen LogP contribution in [0.2, 0.25) is 0 Å². The van der Waals surface area contributed by atoms with Gasteiger partial charge in [0.2, 0.25) is 0 Å². The van der Waals surface area contributed by atoms with Crippen molar-refractivity contribution < 1.29 is 13.9 Å². The molecule has 1 amide bonds. The van der Waals surface area contributed by atoms with Crippen molar-refractivity contribution in [2.24, 2.45) is 0 Å². The maximum absolute atomic E-state index is 13.4. The fourth-order valence-electron chi connectivity index (χ4n) is 2.92. The summed E-state index contributed by atoms with van der Waals surface area (Å²) >= 11 is 0. The molecule has 0 atom stereocenters. The minimum Gasteiger partial charge on any atom is -0.496 e. The van der Waals surface area contributed by atoms with Gasteiger partial charge in [0.05, 0.1) is 18.4 Å². The predicted octanol–water partition coefficient (Wildman–Crippen LogP) is 3.52. The first-order valence-electron chi connectivity index (χ1n) is 7.79. The molecule has 1 saturated heterocycles. The number of benzene rings is 1. The first kappa shape index (κ1) is 15.5. The number of ether oxygens (including phenoxy) is 1. The summed E-state index contributed by atoms with van der Waals surface area (Å²) in [7, 11) is 1.48. The Morgan fingerprint density at radius 3 is 2.74 bits per heavy atom. The van der Waals surface area contributed by atoms with Crippen LogP contribution in [0.4, 0.5) is 4.39 Å². The van der Waals surface area contributed by atoms with Crippen molar-refractivity contribution in [3.63, 3.8) is 0 Å². The van der Waals surface area contributed by atoms with Gasteiger partial charge in [0.1, 0.15) is 11.6 Å². The van der Waals surface area contributed by atoms with E-state index in [2.05, 4.69) is 4.98 Å². The minimum atomic E-state index is -0.384. The highest BCUT2D eigenvalue weighted by molar-refractivity contribution is 6.00. The molecule has 1 aliphatic rings. The van der Waals surface area contributed by atoms with E-state index >= 15 is 0 Å². The Morgan fingerprint density at radius 2 is 2.00 bits per heavy atom. The number of hydrogen-bond acceptors (Lipinski definition) is 3. The number of pyridine rings is 1. The molecular formula is C18H19FN2O2. The van der Waals surface area contributed by atoms with Gasteiger partial charge in [-0.2, -0.15) is 0 Å². The van der Waals surface area contributed by atoms with Crippen molar-refractivity contribution in [3.8, 4) is 17.0 Å². The summed E-state index contributed by atoms with van der Waals surface area (Å²) in [6.45, 7) is 1.54. The maximum atomic E-state index is 13.4. The van der Waals surface area contributed by atoms with E-state index in [0.29, 0.717) is 22.6 Å². The highest BCUT2D eigenvalue weighted by Crippen LogP contribution is 2.32. The first-order valence-corrected chi connectivity index (χ1v) is 7.79. The van der Waals surface area contributed by atoms with Crippen LogP contribution in [0.25, 0.3) is 11.3 Å². The Kier molecular flexibility index (Phi) is 4.55. The van der Waals surface area contributed by atoms with E-state index in [0.717, 1.165) is 32.4 Å². The van der Waals surface area contributed by atoms with Gasteiger partial charge in [-0.05, 0) is 43.5 Å². The fourth-order valence-corrected chi connectivity index (χ4v) is 2.92. The average molecular weight is 314 g/mol. The molecule has 1 aromatic carbocycles. The average Bonchev–Trinajstić information content (AvgIpc) is 2.62. The zero-order valence-corrected chi connectivity index (χ0v) is 13.1. The van der Waals surface area contributed by atoms with Crippen LogP contribution in [-0.4, -0.2) is 36.0 Å². The molecule has 120 valence electrons. The molecule has 0 radical (unpaired) electrons. The van der Waals surface area contributed by atoms with Gasteiger partial charge in [0.25, 0.3) is 5.91 Å². The standard InChI is InChI=1S/C18H19FN2O2/c1-23-16-12-13(19)7-8-14(16)17-15(6-5-9-20-17)18(22)21-10-3-2-4-11-21/h5-9,12H,2-4,10-11H2,1H3. The van der Waals surface area contributed by atoms with Gasteiger partial charge in [-0.15, -0.1) is 0 Å². The normalized spacial score (nSPS) is 14.6. The molecule has 0 bridgehead atoms. The van der Waals surface area contributed by atoms with Crippen molar-refractivity contribution >= 4 is 5.91 Å². The van der Waals surface area contributed by atoms with Crippen molar-refractivity contribution in [2.45, 2.75) is 19.3 Å². The molecule has 0 N–H and O–H groups in total. The fraction of sp³-hybridized carbons (Fsp3) is 0.333. The Labute approximate surface area is 134 Å². The van der Waals surface area contributed by atoms with E-state index < -0.39 is 0 Å². The van der Waals surface area contributed by atoms with Crippen LogP contribution < -0.4 is 4.74 Å². The lowest BCUT2D eigenvalue weighted by atomic mass is 10.0. The molecule has 1 aromatic heterocycles. The van der Waals surface area contributed by atoms with Gasteiger partial charge in [-0.3, -0.25) is 9.78 Å². The van der Waals surface area contributed by atoms with E-state index in [9.17, 15) is 9.18 Å². The summed E-state index contributed by atoms with van der Waals surface area (Å²) < 4.78 is 18.7. The van der Waals surface area contributed by atoms with Crippen molar-refractivity contribution in [1.29, 1.82) is 0 Å². The molecule has 5 heteroatoms. The number of carbonyl (C=O) groups is 1. The summed E-state index contributed by atoms with van der Waals surface area (Å²) in [5.74, 6) is -0.0407. The van der Waals surface area contributed by atoms with Gasteiger partial charge in [-0.25, -0.2) is 4.39 Å². The van der Waals surface area contributed by atoms with Crippen molar-refractivity contribution in [3.05, 3.63) is 47.9 Å². The molecule has 0 unspecified atom stereocenters. The summed E-state index contributed by atoms with van der Waals surface area (Å²) in [5.41, 5.74) is 1.68. The molecule has 1 fully saturated rings. The number of methoxy groups -OCH3 is 1. The minimum absolute atomic E-state index is 0.0285. The van der Waals surface area contributed by atoms with Crippen LogP contribution in [0.3, 0.4) is 0 Å². The van der Waals surface area contributed by atoms with Crippen LogP contribution in [0.5, 0.6) is 5.75 Å². The molecule has 1 aliphatic heterocycles. The van der Waals surface area contributed by atoms with Crippen LogP contribution in [0.1, 0.15) is 29.6 Å². The second-order valence-corrected chi connectivity index (χ2v) is 5.60. The Balaban J connectivity index is 2.02. The summed E-state index contributed by atoms with van der Waals surface area (Å²) in [6, 6.07) is 7.77. The quantitative estimate of drug-likeness (QED) is 0.870. The smallest absolute Gasteiger partial charge is 0.256 e. The number of nitrogens with zero attached hydrogens (tertiary/aromatic N) is 2. The molecule has 2 heterocycles. The van der Waals surface area contributed by atoms with E-state index in [-0.39, 0.29) is 11.7 Å². The maximum Gasteiger partial charge on any atom is 0.256 e. The molecule has 3 rings (SSSR count). The van der Waals surface area contributed by atoms with Crippen LogP contribution in [0, 0.1) is 5.82 Å².